The third-order valence-electron chi connectivity index (χ3n) is 6.59. The highest BCUT2D eigenvalue weighted by atomic mass is 33.1. The fraction of sp³-hybridized carbons (Fsp3) is 0.310. The van der Waals surface area contributed by atoms with Crippen molar-refractivity contribution in [1.82, 2.24) is 15.1 Å². The molecule has 43 heavy (non-hydrogen) atoms. The first kappa shape index (κ1) is 31.6. The van der Waals surface area contributed by atoms with Crippen LogP contribution in [0.2, 0.25) is 0 Å². The molecule has 2 aromatic carbocycles. The molecule has 0 aromatic heterocycles. The lowest BCUT2D eigenvalue weighted by atomic mass is 10.0. The Morgan fingerprint density at radius 2 is 1.79 bits per heavy atom. The Morgan fingerprint density at radius 3 is 2.51 bits per heavy atom. The van der Waals surface area contributed by atoms with Crippen LogP contribution in [0.4, 0.5) is 10.5 Å². The highest BCUT2D eigenvalue weighted by Crippen LogP contribution is 2.33. The maximum atomic E-state index is 13.2. The topological polar surface area (TPSA) is 162 Å². The van der Waals surface area contributed by atoms with Gasteiger partial charge in [-0.1, -0.05) is 64.6 Å². The molecule has 226 valence electrons. The molecular formula is C29H30N4O8S2. The molecule has 0 saturated carbocycles. The molecule has 5 amide bonds. The SMILES string of the molecule is C=C1CCC(N2C(=O)c3cccc(NC(=O)OCCSSCCC(=O)N(CC(=O)O)Cc4ccccc4)c3C2=O)C(=O)N1. The molecule has 1 unspecified atom stereocenters. The zero-order valence-electron chi connectivity index (χ0n) is 23.1. The van der Waals surface area contributed by atoms with Crippen LogP contribution in [-0.2, 0) is 25.7 Å². The summed E-state index contributed by atoms with van der Waals surface area (Å²) in [6.07, 6.45) is 0.0358. The number of carboxylic acid groups (broad SMARTS) is 1. The molecule has 1 atom stereocenters. The van der Waals surface area contributed by atoms with Gasteiger partial charge in [0.1, 0.15) is 19.2 Å². The number of fused-ring (bicyclic) bond motifs is 1. The van der Waals surface area contributed by atoms with Crippen molar-refractivity contribution in [2.75, 3.05) is 30.0 Å². The third-order valence-corrected chi connectivity index (χ3v) is 8.97. The summed E-state index contributed by atoms with van der Waals surface area (Å²) < 4.78 is 5.21. The van der Waals surface area contributed by atoms with Gasteiger partial charge in [-0.2, -0.15) is 0 Å². The number of amides is 5. The zero-order valence-corrected chi connectivity index (χ0v) is 24.7. The van der Waals surface area contributed by atoms with E-state index in [2.05, 4.69) is 17.2 Å². The first-order chi connectivity index (χ1) is 20.7. The molecule has 1 saturated heterocycles. The fourth-order valence-electron chi connectivity index (χ4n) is 4.62. The minimum atomic E-state index is -1.08. The second-order valence-electron chi connectivity index (χ2n) is 9.64. The van der Waals surface area contributed by atoms with Gasteiger partial charge in [0.2, 0.25) is 11.8 Å². The van der Waals surface area contributed by atoms with Crippen LogP contribution in [0.1, 0.15) is 45.5 Å². The first-order valence-electron chi connectivity index (χ1n) is 13.4. The van der Waals surface area contributed by atoms with E-state index in [0.717, 1.165) is 10.5 Å². The number of nitrogens with zero attached hydrogens (tertiary/aromatic N) is 2. The number of carbonyl (C=O) groups is 6. The summed E-state index contributed by atoms with van der Waals surface area (Å²) in [6, 6.07) is 12.7. The molecule has 3 N–H and O–H groups in total. The number of hydrogen-bond acceptors (Lipinski definition) is 9. The van der Waals surface area contributed by atoms with Gasteiger partial charge in [-0.05, 0) is 30.5 Å². The largest absolute Gasteiger partial charge is 0.480 e. The van der Waals surface area contributed by atoms with Crippen LogP contribution in [0.5, 0.6) is 0 Å². The number of benzene rings is 2. The average Bonchev–Trinajstić information content (AvgIpc) is 3.22. The molecule has 0 aliphatic carbocycles. The van der Waals surface area contributed by atoms with Crippen molar-refractivity contribution in [2.24, 2.45) is 0 Å². The number of hydrogen-bond donors (Lipinski definition) is 3. The second kappa shape index (κ2) is 14.7. The molecule has 4 rings (SSSR count). The molecular weight excluding hydrogens is 596 g/mol. The Labute approximate surface area is 255 Å². The van der Waals surface area contributed by atoms with E-state index in [1.165, 1.54) is 44.7 Å². The third kappa shape index (κ3) is 8.17. The number of aliphatic carboxylic acids is 1. The maximum absolute atomic E-state index is 13.2. The zero-order chi connectivity index (χ0) is 30.9. The van der Waals surface area contributed by atoms with Crippen molar-refractivity contribution in [3.8, 4) is 0 Å². The number of allylic oxidation sites excluding steroid dienone is 1. The lowest BCUT2D eigenvalue weighted by Gasteiger charge is -2.29. The predicted molar refractivity (Wildman–Crippen MR) is 161 cm³/mol. The number of anilines is 1. The van der Waals surface area contributed by atoms with Gasteiger partial charge < -0.3 is 20.1 Å². The predicted octanol–water partition coefficient (Wildman–Crippen LogP) is 3.51. The van der Waals surface area contributed by atoms with Gasteiger partial charge in [0.05, 0.1) is 16.8 Å². The fourth-order valence-corrected chi connectivity index (χ4v) is 6.42. The summed E-state index contributed by atoms with van der Waals surface area (Å²) in [4.78, 5) is 77.0. The Balaban J connectivity index is 1.20. The molecule has 12 nitrogen and oxygen atoms in total. The van der Waals surface area contributed by atoms with Crippen LogP contribution >= 0.6 is 21.6 Å². The molecule has 14 heteroatoms. The van der Waals surface area contributed by atoms with Crippen LogP contribution in [0, 0.1) is 0 Å². The van der Waals surface area contributed by atoms with E-state index >= 15 is 0 Å². The molecule has 1 fully saturated rings. The van der Waals surface area contributed by atoms with Gasteiger partial charge in [-0.15, -0.1) is 0 Å². The van der Waals surface area contributed by atoms with Gasteiger partial charge in [-0.25, -0.2) is 4.79 Å². The Bertz CT molecular complexity index is 1430. The summed E-state index contributed by atoms with van der Waals surface area (Å²) in [7, 11) is 2.78. The van der Waals surface area contributed by atoms with Crippen molar-refractivity contribution >= 4 is 63.0 Å². The van der Waals surface area contributed by atoms with Crippen molar-refractivity contribution in [2.45, 2.75) is 31.8 Å². The molecule has 2 aliphatic rings. The molecule has 2 aromatic rings. The number of ether oxygens (including phenoxy) is 1. The van der Waals surface area contributed by atoms with Gasteiger partial charge in [0.25, 0.3) is 11.8 Å². The minimum Gasteiger partial charge on any atom is -0.480 e. The van der Waals surface area contributed by atoms with E-state index in [1.807, 2.05) is 30.3 Å². The van der Waals surface area contributed by atoms with Crippen LogP contribution in [-0.4, -0.2) is 81.3 Å². The van der Waals surface area contributed by atoms with E-state index in [-0.39, 0.29) is 55.3 Å². The molecule has 2 aliphatic heterocycles. The summed E-state index contributed by atoms with van der Waals surface area (Å²) in [5, 5.41) is 14.3. The summed E-state index contributed by atoms with van der Waals surface area (Å²) in [5.41, 5.74) is 1.55. The highest BCUT2D eigenvalue weighted by molar-refractivity contribution is 8.76. The number of imide groups is 1. The smallest absolute Gasteiger partial charge is 0.411 e. The molecule has 0 bridgehead atoms. The Kier molecular flexibility index (Phi) is 10.8. The maximum Gasteiger partial charge on any atom is 0.411 e. The quantitative estimate of drug-likeness (QED) is 0.170. The van der Waals surface area contributed by atoms with E-state index in [1.54, 1.807) is 0 Å². The number of nitrogens with one attached hydrogen (secondary N) is 2. The summed E-state index contributed by atoms with van der Waals surface area (Å²) in [5.74, 6) is -2.26. The normalized spacial score (nSPS) is 16.0. The Hall–Kier alpha value is -4.30. The number of carbonyl (C=O) groups excluding carboxylic acids is 5. The van der Waals surface area contributed by atoms with E-state index in [0.29, 0.717) is 23.6 Å². The first-order valence-corrected chi connectivity index (χ1v) is 15.9. The van der Waals surface area contributed by atoms with Gasteiger partial charge in [0.15, 0.2) is 0 Å². The van der Waals surface area contributed by atoms with Crippen LogP contribution in [0.3, 0.4) is 0 Å². The van der Waals surface area contributed by atoms with Crippen molar-refractivity contribution < 1.29 is 38.6 Å². The van der Waals surface area contributed by atoms with Gasteiger partial charge >= 0.3 is 12.1 Å². The number of piperidine rings is 1. The van der Waals surface area contributed by atoms with E-state index < -0.39 is 35.8 Å². The van der Waals surface area contributed by atoms with Crippen LogP contribution < -0.4 is 10.6 Å². The number of carboxylic acids is 1. The monoisotopic (exact) mass is 626 g/mol. The highest BCUT2D eigenvalue weighted by Gasteiger charge is 2.45. The van der Waals surface area contributed by atoms with Crippen LogP contribution in [0.25, 0.3) is 0 Å². The van der Waals surface area contributed by atoms with Crippen LogP contribution in [0.15, 0.2) is 60.8 Å². The second-order valence-corrected chi connectivity index (χ2v) is 12.3. The van der Waals surface area contributed by atoms with E-state index in [4.69, 9.17) is 4.74 Å². The van der Waals surface area contributed by atoms with Crippen molar-refractivity contribution in [3.05, 3.63) is 77.5 Å². The number of rotatable bonds is 13. The lowest BCUT2D eigenvalue weighted by Crippen LogP contribution is -2.51. The molecule has 0 radical (unpaired) electrons. The van der Waals surface area contributed by atoms with E-state index in [9.17, 15) is 33.9 Å². The summed E-state index contributed by atoms with van der Waals surface area (Å²) in [6.45, 7) is 3.57. The van der Waals surface area contributed by atoms with Crippen molar-refractivity contribution in [1.29, 1.82) is 0 Å². The summed E-state index contributed by atoms with van der Waals surface area (Å²) >= 11 is 0. The lowest BCUT2D eigenvalue weighted by molar-refractivity contribution is -0.144. The molecule has 0 spiro atoms. The Morgan fingerprint density at radius 1 is 1.05 bits per heavy atom. The molecule has 2 heterocycles. The van der Waals surface area contributed by atoms with Crippen molar-refractivity contribution in [3.63, 3.8) is 0 Å². The van der Waals surface area contributed by atoms with Gasteiger partial charge in [-0.3, -0.25) is 34.2 Å². The minimum absolute atomic E-state index is 0.000420. The standard InChI is InChI=1S/C29H30N4O8S2/c1-18-10-11-22(26(37)30-18)33-27(38)20-8-5-9-21(25(20)28(33)39)31-29(40)41-13-15-43-42-14-12-23(34)32(17-24(35)36)16-19-6-3-2-4-7-19/h2-9,22H,1,10-17H2,(H,30,37)(H,31,40)(H,35,36). The van der Waals surface area contributed by atoms with Gasteiger partial charge in [0, 0.05) is 30.2 Å². The average molecular weight is 627 g/mol.